The number of carbonyl (C=O) groups is 1. The van der Waals surface area contributed by atoms with Gasteiger partial charge >= 0.3 is 6.09 Å². The quantitative estimate of drug-likeness (QED) is 0.855. The van der Waals surface area contributed by atoms with Crippen LogP contribution in [0, 0.1) is 0 Å². The minimum Gasteiger partial charge on any atom is -0.453 e. The number of rotatable bonds is 4. The molecule has 0 aromatic heterocycles. The lowest BCUT2D eigenvalue weighted by molar-refractivity contribution is 0.166. The van der Waals surface area contributed by atoms with Crippen LogP contribution in [0.2, 0.25) is 0 Å². The van der Waals surface area contributed by atoms with Gasteiger partial charge in [-0.3, -0.25) is 4.90 Å². The van der Waals surface area contributed by atoms with Gasteiger partial charge in [-0.1, -0.05) is 24.3 Å². The Kier molecular flexibility index (Phi) is 4.76. The summed E-state index contributed by atoms with van der Waals surface area (Å²) in [5.41, 5.74) is 2.14. The highest BCUT2D eigenvalue weighted by Crippen LogP contribution is 2.14. The highest BCUT2D eigenvalue weighted by Gasteiger charge is 2.23. The summed E-state index contributed by atoms with van der Waals surface area (Å²) in [6.45, 7) is 2.76. The summed E-state index contributed by atoms with van der Waals surface area (Å²) in [6.07, 6.45) is 0.586. The molecule has 1 saturated heterocycles. The fourth-order valence-electron chi connectivity index (χ4n) is 2.33. The predicted molar refractivity (Wildman–Crippen MR) is 71.6 cm³/mol. The second-order valence-electron chi connectivity index (χ2n) is 4.83. The highest BCUT2D eigenvalue weighted by molar-refractivity contribution is 5.67. The molecule has 1 aromatic rings. The molecule has 1 atom stereocenters. The van der Waals surface area contributed by atoms with Gasteiger partial charge in [-0.05, 0) is 17.5 Å². The van der Waals surface area contributed by atoms with Crippen LogP contribution in [0.1, 0.15) is 17.5 Å². The number of aliphatic hydroxyl groups excluding tert-OH is 1. The number of alkyl carbamates (subject to hydrolysis) is 1. The molecule has 1 aliphatic rings. The minimum atomic E-state index is -0.362. The zero-order valence-electron chi connectivity index (χ0n) is 11.1. The Labute approximate surface area is 113 Å². The van der Waals surface area contributed by atoms with E-state index in [1.807, 2.05) is 24.3 Å². The van der Waals surface area contributed by atoms with E-state index in [1.54, 1.807) is 0 Å². The molecule has 2 N–H and O–H groups in total. The molecule has 1 unspecified atom stereocenters. The Hall–Kier alpha value is -1.59. The fourth-order valence-corrected chi connectivity index (χ4v) is 2.33. The van der Waals surface area contributed by atoms with Crippen molar-refractivity contribution in [3.63, 3.8) is 0 Å². The normalized spacial score (nSPS) is 19.4. The van der Waals surface area contributed by atoms with Crippen molar-refractivity contribution in [3.8, 4) is 0 Å². The van der Waals surface area contributed by atoms with Crippen LogP contribution in [-0.4, -0.2) is 42.3 Å². The Bertz CT molecular complexity index is 419. The summed E-state index contributed by atoms with van der Waals surface area (Å²) in [4.78, 5) is 13.4. The molecule has 5 heteroatoms. The molecule has 19 heavy (non-hydrogen) atoms. The van der Waals surface area contributed by atoms with Crippen LogP contribution in [0.15, 0.2) is 24.3 Å². The van der Waals surface area contributed by atoms with Crippen molar-refractivity contribution in [3.05, 3.63) is 35.4 Å². The van der Waals surface area contributed by atoms with Gasteiger partial charge < -0.3 is 15.2 Å². The smallest absolute Gasteiger partial charge is 0.407 e. The maximum Gasteiger partial charge on any atom is 0.407 e. The molecule has 2 rings (SSSR count). The van der Waals surface area contributed by atoms with Crippen LogP contribution in [0.25, 0.3) is 0 Å². The van der Waals surface area contributed by atoms with E-state index in [1.165, 1.54) is 12.7 Å². The molecule has 0 saturated carbocycles. The third-order valence-corrected chi connectivity index (χ3v) is 3.39. The number of methoxy groups -OCH3 is 1. The molecule has 1 amide bonds. The maximum absolute atomic E-state index is 11.1. The summed E-state index contributed by atoms with van der Waals surface area (Å²) in [6, 6.07) is 8.12. The number of aliphatic hydroxyl groups is 1. The predicted octanol–water partition coefficient (Wildman–Crippen LogP) is 1.11. The van der Waals surface area contributed by atoms with Gasteiger partial charge in [0.15, 0.2) is 0 Å². The first-order valence-corrected chi connectivity index (χ1v) is 6.47. The summed E-state index contributed by atoms with van der Waals surface area (Å²) in [5.74, 6) is 0. The fraction of sp³-hybridized carbons (Fsp3) is 0.500. The van der Waals surface area contributed by atoms with Crippen LogP contribution < -0.4 is 5.32 Å². The van der Waals surface area contributed by atoms with Gasteiger partial charge in [0.1, 0.15) is 0 Å². The van der Waals surface area contributed by atoms with Crippen LogP contribution in [-0.2, 0) is 17.9 Å². The molecule has 104 valence electrons. The largest absolute Gasteiger partial charge is 0.453 e. The maximum atomic E-state index is 11.1. The van der Waals surface area contributed by atoms with Crippen LogP contribution >= 0.6 is 0 Å². The summed E-state index contributed by atoms with van der Waals surface area (Å²) < 4.78 is 4.60. The Morgan fingerprint density at radius 1 is 1.42 bits per heavy atom. The number of nitrogens with one attached hydrogen (secondary N) is 1. The van der Waals surface area contributed by atoms with E-state index in [0.29, 0.717) is 0 Å². The number of carbonyl (C=O) groups excluding carboxylic acids is 1. The minimum absolute atomic E-state index is 0.0785. The number of hydrogen-bond donors (Lipinski definition) is 2. The molecule has 1 heterocycles. The molecule has 1 aliphatic heterocycles. The van der Waals surface area contributed by atoms with E-state index in [4.69, 9.17) is 5.11 Å². The molecular formula is C14H20N2O3. The van der Waals surface area contributed by atoms with E-state index in [0.717, 1.165) is 31.6 Å². The van der Waals surface area contributed by atoms with Gasteiger partial charge in [0.05, 0.1) is 13.7 Å². The molecule has 1 fully saturated rings. The number of hydrogen-bond acceptors (Lipinski definition) is 4. The highest BCUT2D eigenvalue weighted by atomic mass is 16.5. The lowest BCUT2D eigenvalue weighted by Gasteiger charge is -2.16. The van der Waals surface area contributed by atoms with E-state index in [-0.39, 0.29) is 18.7 Å². The third kappa shape index (κ3) is 3.94. The van der Waals surface area contributed by atoms with Gasteiger partial charge in [-0.2, -0.15) is 0 Å². The van der Waals surface area contributed by atoms with Gasteiger partial charge in [0.25, 0.3) is 0 Å². The van der Waals surface area contributed by atoms with Crippen molar-refractivity contribution in [2.75, 3.05) is 20.2 Å². The van der Waals surface area contributed by atoms with Crippen molar-refractivity contribution in [1.29, 1.82) is 0 Å². The first-order valence-electron chi connectivity index (χ1n) is 6.47. The number of amides is 1. The average molecular weight is 264 g/mol. The molecule has 0 bridgehead atoms. The molecular weight excluding hydrogens is 244 g/mol. The Morgan fingerprint density at radius 3 is 2.74 bits per heavy atom. The van der Waals surface area contributed by atoms with Gasteiger partial charge in [0.2, 0.25) is 0 Å². The third-order valence-electron chi connectivity index (χ3n) is 3.39. The standard InChI is InChI=1S/C14H20N2O3/c1-19-14(18)15-13-6-7-16(9-13)8-11-2-4-12(10-17)5-3-11/h2-5,13,17H,6-10H2,1H3,(H,15,18). The van der Waals surface area contributed by atoms with Crippen molar-refractivity contribution in [1.82, 2.24) is 10.2 Å². The molecule has 0 radical (unpaired) electrons. The molecule has 0 aliphatic carbocycles. The summed E-state index contributed by atoms with van der Waals surface area (Å²) >= 11 is 0. The lowest BCUT2D eigenvalue weighted by atomic mass is 10.1. The van der Waals surface area contributed by atoms with Crippen LogP contribution in [0.5, 0.6) is 0 Å². The van der Waals surface area contributed by atoms with Crippen LogP contribution in [0.3, 0.4) is 0 Å². The number of nitrogens with zero attached hydrogens (tertiary/aromatic N) is 1. The second kappa shape index (κ2) is 6.54. The van der Waals surface area contributed by atoms with Crippen LogP contribution in [0.4, 0.5) is 4.79 Å². The van der Waals surface area contributed by atoms with Crippen molar-refractivity contribution >= 4 is 6.09 Å². The van der Waals surface area contributed by atoms with Gasteiger partial charge in [0, 0.05) is 25.7 Å². The van der Waals surface area contributed by atoms with E-state index in [9.17, 15) is 4.79 Å². The number of benzene rings is 1. The van der Waals surface area contributed by atoms with Crippen molar-refractivity contribution in [2.45, 2.75) is 25.6 Å². The molecule has 0 spiro atoms. The van der Waals surface area contributed by atoms with E-state index in [2.05, 4.69) is 15.0 Å². The monoisotopic (exact) mass is 264 g/mol. The van der Waals surface area contributed by atoms with Gasteiger partial charge in [-0.15, -0.1) is 0 Å². The molecule has 1 aromatic carbocycles. The lowest BCUT2D eigenvalue weighted by Crippen LogP contribution is -2.36. The van der Waals surface area contributed by atoms with E-state index < -0.39 is 0 Å². The Balaban J connectivity index is 1.82. The summed E-state index contributed by atoms with van der Waals surface area (Å²) in [7, 11) is 1.38. The second-order valence-corrected chi connectivity index (χ2v) is 4.83. The Morgan fingerprint density at radius 2 is 2.11 bits per heavy atom. The number of likely N-dealkylation sites (tertiary alicyclic amines) is 1. The number of ether oxygens (including phenoxy) is 1. The molecule has 5 nitrogen and oxygen atoms in total. The topological polar surface area (TPSA) is 61.8 Å². The first kappa shape index (κ1) is 13.8. The average Bonchev–Trinajstić information content (AvgIpc) is 2.86. The van der Waals surface area contributed by atoms with E-state index >= 15 is 0 Å². The zero-order valence-corrected chi connectivity index (χ0v) is 11.1. The zero-order chi connectivity index (χ0) is 13.7. The first-order chi connectivity index (χ1) is 9.21. The van der Waals surface area contributed by atoms with Gasteiger partial charge in [-0.25, -0.2) is 4.79 Å². The van der Waals surface area contributed by atoms with Crippen molar-refractivity contribution < 1.29 is 14.6 Å². The summed E-state index contributed by atoms with van der Waals surface area (Å²) in [5, 5.41) is 11.8. The SMILES string of the molecule is COC(=O)NC1CCN(Cc2ccc(CO)cc2)C1. The van der Waals surface area contributed by atoms with Crippen molar-refractivity contribution in [2.24, 2.45) is 0 Å².